The molecule has 2 heterocycles. The minimum Gasteiger partial charge on any atom is -0.462 e. The van der Waals surface area contributed by atoms with Crippen LogP contribution >= 0.6 is 0 Å². The molecular formula is C62H116N2O8. The molecule has 2 aliphatic rings. The van der Waals surface area contributed by atoms with E-state index in [9.17, 15) is 19.2 Å². The second-order valence-corrected chi connectivity index (χ2v) is 24.8. The molecule has 2 rings (SSSR count). The maximum Gasteiger partial charge on any atom is 0.322 e. The third-order valence-electron chi connectivity index (χ3n) is 17.9. The number of hydrogen-bond acceptors (Lipinski definition) is 10. The molecule has 10 heteroatoms. The molecule has 0 radical (unpaired) electrons. The second-order valence-electron chi connectivity index (χ2n) is 24.8. The van der Waals surface area contributed by atoms with Gasteiger partial charge in [0.2, 0.25) is 0 Å². The van der Waals surface area contributed by atoms with Crippen LogP contribution in [0.5, 0.6) is 0 Å². The van der Waals surface area contributed by atoms with E-state index >= 15 is 0 Å². The molecule has 422 valence electrons. The van der Waals surface area contributed by atoms with Crippen molar-refractivity contribution in [2.75, 3.05) is 0 Å². The first-order valence-corrected chi connectivity index (χ1v) is 30.5. The van der Waals surface area contributed by atoms with Gasteiger partial charge in [-0.2, -0.15) is 0 Å². The van der Waals surface area contributed by atoms with Crippen LogP contribution in [0.2, 0.25) is 0 Å². The maximum atomic E-state index is 13.2. The Balaban J connectivity index is 1.94. The Morgan fingerprint density at radius 2 is 0.694 bits per heavy atom. The lowest BCUT2D eigenvalue weighted by Gasteiger charge is -2.56. The predicted molar refractivity (Wildman–Crippen MR) is 297 cm³/mol. The molecule has 2 aliphatic heterocycles. The van der Waals surface area contributed by atoms with Gasteiger partial charge in [-0.3, -0.25) is 19.2 Å². The van der Waals surface area contributed by atoms with E-state index in [1.807, 2.05) is 10.1 Å². The molecule has 10 nitrogen and oxygen atoms in total. The van der Waals surface area contributed by atoms with E-state index in [4.69, 9.17) is 19.1 Å². The van der Waals surface area contributed by atoms with Crippen LogP contribution in [0.15, 0.2) is 0 Å². The third kappa shape index (κ3) is 22.6. The lowest BCUT2D eigenvalue weighted by molar-refractivity contribution is -0.295. The van der Waals surface area contributed by atoms with Gasteiger partial charge in [0.25, 0.3) is 0 Å². The van der Waals surface area contributed by atoms with Crippen molar-refractivity contribution >= 4 is 23.9 Å². The summed E-state index contributed by atoms with van der Waals surface area (Å²) in [6.45, 7) is 28.5. The first-order valence-electron chi connectivity index (χ1n) is 30.5. The summed E-state index contributed by atoms with van der Waals surface area (Å²) in [6.07, 6.45) is 38.9. The molecule has 2 fully saturated rings. The Morgan fingerprint density at radius 1 is 0.431 bits per heavy atom. The summed E-state index contributed by atoms with van der Waals surface area (Å²) in [6, 6.07) is 0. The summed E-state index contributed by atoms with van der Waals surface area (Å²) < 4.78 is 12.4. The molecule has 0 N–H and O–H groups in total. The van der Waals surface area contributed by atoms with Crippen molar-refractivity contribution in [2.24, 2.45) is 23.7 Å². The molecule has 0 bridgehead atoms. The van der Waals surface area contributed by atoms with Gasteiger partial charge in [0, 0.05) is 51.4 Å². The van der Waals surface area contributed by atoms with E-state index in [-0.39, 0.29) is 47.9 Å². The second kappa shape index (κ2) is 34.5. The smallest absolute Gasteiger partial charge is 0.322 e. The fourth-order valence-electron chi connectivity index (χ4n) is 12.8. The number of carbonyl (C=O) groups excluding carboxylic acids is 4. The van der Waals surface area contributed by atoms with Gasteiger partial charge < -0.3 is 19.1 Å². The van der Waals surface area contributed by atoms with Gasteiger partial charge in [-0.1, -0.05) is 208 Å². The molecular weight excluding hydrogens is 901 g/mol. The van der Waals surface area contributed by atoms with Crippen molar-refractivity contribution in [3.63, 3.8) is 0 Å². The van der Waals surface area contributed by atoms with Crippen molar-refractivity contribution in [3.05, 3.63) is 0 Å². The SMILES string of the molecule is CCCCCCCCCC(CCCCCCCC(=O)OC1CC(C)(C)N(OC(C)=O)C(C)(CC)C1C)C(CCCCCCCCC)CCCCCCCC(=O)OC1CC(C)(C)N(OC(C)=O)C(C)(CC)C1C. The van der Waals surface area contributed by atoms with E-state index in [0.29, 0.717) is 25.7 Å². The van der Waals surface area contributed by atoms with Crippen LogP contribution in [0.3, 0.4) is 0 Å². The average Bonchev–Trinajstić information content (AvgIpc) is 3.32. The number of piperidine rings is 2. The van der Waals surface area contributed by atoms with Crippen molar-refractivity contribution in [2.45, 2.75) is 350 Å². The molecule has 8 atom stereocenters. The van der Waals surface area contributed by atoms with Gasteiger partial charge in [0.15, 0.2) is 0 Å². The number of carbonyl (C=O) groups is 4. The Morgan fingerprint density at radius 3 is 0.958 bits per heavy atom. The Kier molecular flexibility index (Phi) is 31.5. The van der Waals surface area contributed by atoms with Gasteiger partial charge in [0.1, 0.15) is 12.2 Å². The first kappa shape index (κ1) is 65.9. The van der Waals surface area contributed by atoms with Crippen LogP contribution in [-0.2, 0) is 38.3 Å². The number of hydrogen-bond donors (Lipinski definition) is 0. The van der Waals surface area contributed by atoms with Crippen molar-refractivity contribution < 1.29 is 38.3 Å². The van der Waals surface area contributed by atoms with Crippen LogP contribution in [-0.4, -0.2) is 68.4 Å². The zero-order valence-electron chi connectivity index (χ0n) is 49.7. The molecule has 72 heavy (non-hydrogen) atoms. The van der Waals surface area contributed by atoms with E-state index in [1.54, 1.807) is 0 Å². The van der Waals surface area contributed by atoms with Gasteiger partial charge in [-0.05, 0) is 79.1 Å². The highest BCUT2D eigenvalue weighted by atomic mass is 16.7. The molecule has 0 amide bonds. The van der Waals surface area contributed by atoms with Crippen LogP contribution in [0, 0.1) is 23.7 Å². The van der Waals surface area contributed by atoms with Gasteiger partial charge in [-0.15, -0.1) is 10.1 Å². The molecule has 0 aromatic heterocycles. The molecule has 0 saturated carbocycles. The number of ether oxygens (including phenoxy) is 2. The fraction of sp³-hybridized carbons (Fsp3) is 0.935. The summed E-state index contributed by atoms with van der Waals surface area (Å²) in [5.74, 6) is 0.802. The van der Waals surface area contributed by atoms with E-state index in [1.165, 1.54) is 155 Å². The third-order valence-corrected chi connectivity index (χ3v) is 17.9. The number of hydroxylamine groups is 4. The average molecular weight is 1020 g/mol. The number of unbranched alkanes of at least 4 members (excludes halogenated alkanes) is 20. The van der Waals surface area contributed by atoms with E-state index in [0.717, 1.165) is 63.2 Å². The fourth-order valence-corrected chi connectivity index (χ4v) is 12.8. The Bertz CT molecular complexity index is 1410. The molecule has 0 aromatic carbocycles. The quantitative estimate of drug-likeness (QED) is 0.0436. The largest absolute Gasteiger partial charge is 0.462 e. The van der Waals surface area contributed by atoms with Gasteiger partial charge in [0.05, 0.1) is 22.2 Å². The lowest BCUT2D eigenvalue weighted by atomic mass is 9.70. The summed E-state index contributed by atoms with van der Waals surface area (Å²) in [5.41, 5.74) is -1.75. The van der Waals surface area contributed by atoms with E-state index < -0.39 is 22.2 Å². The summed E-state index contributed by atoms with van der Waals surface area (Å²) in [7, 11) is 0. The standard InChI is InChI=1S/C62H116N2O8/c1-15-19-21-23-25-29-35-41-53(43-37-31-27-33-39-45-57(67)69-55-47-59(9,10)63(71-51(7)65)61(13,17-3)49(55)5)54(42-36-30-26-24-22-20-16-2)44-38-32-28-34-40-46-58(68)70-56-48-60(11,12)64(72-52(8)66)62(14,18-4)50(56)6/h49-50,53-56H,15-48H2,1-14H3. The minimum atomic E-state index is -0.447. The Labute approximate surface area is 444 Å². The minimum absolute atomic E-state index is 0.0263. The highest BCUT2D eigenvalue weighted by Gasteiger charge is 2.56. The van der Waals surface area contributed by atoms with Gasteiger partial charge in [-0.25, -0.2) is 0 Å². The molecule has 0 spiro atoms. The van der Waals surface area contributed by atoms with Crippen LogP contribution in [0.25, 0.3) is 0 Å². The normalized spacial score (nSPS) is 25.1. The zero-order valence-corrected chi connectivity index (χ0v) is 49.7. The van der Waals surface area contributed by atoms with Crippen LogP contribution in [0.1, 0.15) is 315 Å². The lowest BCUT2D eigenvalue weighted by Crippen LogP contribution is -2.67. The highest BCUT2D eigenvalue weighted by Crippen LogP contribution is 2.47. The monoisotopic (exact) mass is 1020 g/mol. The van der Waals surface area contributed by atoms with E-state index in [2.05, 4.69) is 83.1 Å². The summed E-state index contributed by atoms with van der Waals surface area (Å²) in [5, 5.41) is 3.73. The van der Waals surface area contributed by atoms with Crippen molar-refractivity contribution in [1.82, 2.24) is 10.1 Å². The summed E-state index contributed by atoms with van der Waals surface area (Å²) >= 11 is 0. The first-order chi connectivity index (χ1) is 34.1. The molecule has 0 aliphatic carbocycles. The van der Waals surface area contributed by atoms with Gasteiger partial charge >= 0.3 is 23.9 Å². The highest BCUT2D eigenvalue weighted by molar-refractivity contribution is 5.70. The zero-order chi connectivity index (χ0) is 53.8. The molecule has 2 saturated heterocycles. The molecule has 0 aromatic rings. The predicted octanol–water partition coefficient (Wildman–Crippen LogP) is 17.3. The summed E-state index contributed by atoms with van der Waals surface area (Å²) in [4.78, 5) is 62.1. The number of rotatable bonds is 39. The number of nitrogens with zero attached hydrogens (tertiary/aromatic N) is 2. The maximum absolute atomic E-state index is 13.2. The van der Waals surface area contributed by atoms with Crippen molar-refractivity contribution in [1.29, 1.82) is 0 Å². The van der Waals surface area contributed by atoms with Crippen LogP contribution in [0.4, 0.5) is 0 Å². The Hall–Kier alpha value is -2.20. The van der Waals surface area contributed by atoms with Crippen LogP contribution < -0.4 is 0 Å². The topological polar surface area (TPSA) is 112 Å². The number of esters is 2. The molecule has 8 unspecified atom stereocenters. The van der Waals surface area contributed by atoms with Crippen molar-refractivity contribution in [3.8, 4) is 0 Å².